The van der Waals surface area contributed by atoms with E-state index in [1.165, 1.54) is 0 Å². The van der Waals surface area contributed by atoms with Gasteiger partial charge < -0.3 is 9.47 Å². The number of ether oxygens (including phenoxy) is 2. The molecular weight excluding hydrogens is 308 g/mol. The third kappa shape index (κ3) is 4.32. The summed E-state index contributed by atoms with van der Waals surface area (Å²) in [6, 6.07) is 5.77. The van der Waals surface area contributed by atoms with Crippen LogP contribution < -0.4 is 4.74 Å². The van der Waals surface area contributed by atoms with Crippen LogP contribution in [0.15, 0.2) is 22.7 Å². The Morgan fingerprint density at radius 1 is 1.53 bits per heavy atom. The van der Waals surface area contributed by atoms with Gasteiger partial charge in [0.25, 0.3) is 0 Å². The van der Waals surface area contributed by atoms with Crippen molar-refractivity contribution in [2.24, 2.45) is 0 Å². The first-order valence-corrected chi connectivity index (χ1v) is 7.44. The summed E-state index contributed by atoms with van der Waals surface area (Å²) in [4.78, 5) is 11.9. The topological polar surface area (TPSA) is 35.5 Å². The molecule has 0 amide bonds. The molecule has 1 aromatic rings. The van der Waals surface area contributed by atoms with Crippen LogP contribution in [0.4, 0.5) is 0 Å². The van der Waals surface area contributed by atoms with Gasteiger partial charge in [-0.05, 0) is 52.9 Å². The average molecular weight is 327 g/mol. The van der Waals surface area contributed by atoms with Gasteiger partial charge in [0, 0.05) is 19.4 Å². The molecule has 0 radical (unpaired) electrons. The number of hydrogen-bond acceptors (Lipinski definition) is 3. The Hall–Kier alpha value is -0.870. The maximum atomic E-state index is 11.9. The van der Waals surface area contributed by atoms with Crippen molar-refractivity contribution in [2.45, 2.75) is 38.2 Å². The van der Waals surface area contributed by atoms with Crippen LogP contribution >= 0.6 is 15.9 Å². The highest BCUT2D eigenvalue weighted by molar-refractivity contribution is 9.10. The molecule has 1 unspecified atom stereocenters. The Labute approximate surface area is 122 Å². The fraction of sp³-hybridized carbons (Fsp3) is 0.533. The van der Waals surface area contributed by atoms with E-state index in [-0.39, 0.29) is 5.78 Å². The molecule has 1 fully saturated rings. The van der Waals surface area contributed by atoms with E-state index in [0.29, 0.717) is 18.9 Å². The summed E-state index contributed by atoms with van der Waals surface area (Å²) < 4.78 is 11.6. The van der Waals surface area contributed by atoms with E-state index >= 15 is 0 Å². The summed E-state index contributed by atoms with van der Waals surface area (Å²) in [6.07, 6.45) is 4.47. The summed E-state index contributed by atoms with van der Waals surface area (Å²) in [5.41, 5.74) is 1.02. The van der Waals surface area contributed by atoms with Gasteiger partial charge >= 0.3 is 0 Å². The molecule has 104 valence electrons. The molecule has 2 rings (SSSR count). The van der Waals surface area contributed by atoms with E-state index in [9.17, 15) is 4.79 Å². The van der Waals surface area contributed by atoms with Gasteiger partial charge in [-0.25, -0.2) is 0 Å². The first-order chi connectivity index (χ1) is 9.19. The molecule has 1 aliphatic heterocycles. The molecule has 3 nitrogen and oxygen atoms in total. The lowest BCUT2D eigenvalue weighted by molar-refractivity contribution is -0.119. The zero-order valence-corrected chi connectivity index (χ0v) is 12.7. The van der Waals surface area contributed by atoms with E-state index in [4.69, 9.17) is 9.47 Å². The van der Waals surface area contributed by atoms with Gasteiger partial charge in [0.2, 0.25) is 0 Å². The van der Waals surface area contributed by atoms with Gasteiger partial charge in [-0.3, -0.25) is 4.79 Å². The van der Waals surface area contributed by atoms with E-state index in [1.807, 2.05) is 18.2 Å². The number of carbonyl (C=O) groups is 1. The van der Waals surface area contributed by atoms with Gasteiger partial charge in [-0.1, -0.05) is 6.07 Å². The van der Waals surface area contributed by atoms with E-state index in [2.05, 4.69) is 15.9 Å². The van der Waals surface area contributed by atoms with Crippen molar-refractivity contribution in [1.82, 2.24) is 0 Å². The summed E-state index contributed by atoms with van der Waals surface area (Å²) in [5.74, 6) is 1.06. The van der Waals surface area contributed by atoms with Crippen LogP contribution in [0.25, 0.3) is 0 Å². The van der Waals surface area contributed by atoms with Crippen molar-refractivity contribution in [3.05, 3.63) is 28.2 Å². The fourth-order valence-corrected chi connectivity index (χ4v) is 2.92. The van der Waals surface area contributed by atoms with Crippen molar-refractivity contribution in [3.63, 3.8) is 0 Å². The first kappa shape index (κ1) is 14.5. The van der Waals surface area contributed by atoms with Crippen LogP contribution in [-0.2, 0) is 16.0 Å². The molecule has 19 heavy (non-hydrogen) atoms. The molecular formula is C15H19BrO3. The summed E-state index contributed by atoms with van der Waals surface area (Å²) in [6.45, 7) is 0.851. The third-order valence-electron chi connectivity index (χ3n) is 3.39. The summed E-state index contributed by atoms with van der Waals surface area (Å²) in [7, 11) is 1.63. The molecule has 0 N–H and O–H groups in total. The monoisotopic (exact) mass is 326 g/mol. The van der Waals surface area contributed by atoms with Crippen LogP contribution in [-0.4, -0.2) is 25.6 Å². The molecule has 1 heterocycles. The summed E-state index contributed by atoms with van der Waals surface area (Å²) in [5, 5.41) is 0. The Bertz CT molecular complexity index is 439. The lowest BCUT2D eigenvalue weighted by Crippen LogP contribution is -2.10. The largest absolute Gasteiger partial charge is 0.496 e. The minimum atomic E-state index is 0.271. The standard InChI is InChI=1S/C15H19BrO3/c1-18-15-7-4-11(10-14(15)16)9-12(17)5-6-13-3-2-8-19-13/h4,7,10,13H,2-3,5-6,8-9H2,1H3. The van der Waals surface area contributed by atoms with Crippen molar-refractivity contribution in [2.75, 3.05) is 13.7 Å². The second kappa shape index (κ2) is 7.06. The smallest absolute Gasteiger partial charge is 0.137 e. The van der Waals surface area contributed by atoms with Gasteiger partial charge in [-0.2, -0.15) is 0 Å². The maximum Gasteiger partial charge on any atom is 0.137 e. The van der Waals surface area contributed by atoms with Gasteiger partial charge in [0.15, 0.2) is 0 Å². The minimum Gasteiger partial charge on any atom is -0.496 e. The van der Waals surface area contributed by atoms with Gasteiger partial charge in [0.1, 0.15) is 11.5 Å². The fourth-order valence-electron chi connectivity index (χ4n) is 2.33. The lowest BCUT2D eigenvalue weighted by atomic mass is 10.0. The van der Waals surface area contributed by atoms with Crippen LogP contribution in [0.1, 0.15) is 31.2 Å². The Morgan fingerprint density at radius 2 is 2.37 bits per heavy atom. The highest BCUT2D eigenvalue weighted by Crippen LogP contribution is 2.26. The van der Waals surface area contributed by atoms with Crippen molar-refractivity contribution < 1.29 is 14.3 Å². The quantitative estimate of drug-likeness (QED) is 0.802. The molecule has 1 atom stereocenters. The van der Waals surface area contributed by atoms with Gasteiger partial charge in [0.05, 0.1) is 17.7 Å². The molecule has 1 aromatic carbocycles. The average Bonchev–Trinajstić information content (AvgIpc) is 2.90. The zero-order valence-electron chi connectivity index (χ0n) is 11.2. The minimum absolute atomic E-state index is 0.271. The number of methoxy groups -OCH3 is 1. The molecule has 0 saturated carbocycles. The molecule has 0 spiro atoms. The number of benzene rings is 1. The first-order valence-electron chi connectivity index (χ1n) is 6.65. The second-order valence-electron chi connectivity index (χ2n) is 4.86. The number of Topliss-reactive ketones (excluding diaryl/α,β-unsaturated/α-hetero) is 1. The van der Waals surface area contributed by atoms with E-state index in [0.717, 1.165) is 41.7 Å². The van der Waals surface area contributed by atoms with E-state index in [1.54, 1.807) is 7.11 Å². The molecule has 0 aromatic heterocycles. The van der Waals surface area contributed by atoms with Crippen molar-refractivity contribution in [1.29, 1.82) is 0 Å². The number of carbonyl (C=O) groups excluding carboxylic acids is 1. The second-order valence-corrected chi connectivity index (χ2v) is 5.71. The third-order valence-corrected chi connectivity index (χ3v) is 4.01. The number of ketones is 1. The molecule has 0 aliphatic carbocycles. The normalized spacial score (nSPS) is 18.5. The number of hydrogen-bond donors (Lipinski definition) is 0. The van der Waals surface area contributed by atoms with Crippen LogP contribution in [0, 0.1) is 0 Å². The zero-order chi connectivity index (χ0) is 13.7. The number of halogens is 1. The van der Waals surface area contributed by atoms with Crippen molar-refractivity contribution >= 4 is 21.7 Å². The lowest BCUT2D eigenvalue weighted by Gasteiger charge is -2.09. The Morgan fingerprint density at radius 3 is 3.00 bits per heavy atom. The highest BCUT2D eigenvalue weighted by Gasteiger charge is 2.16. The highest BCUT2D eigenvalue weighted by atomic mass is 79.9. The Kier molecular flexibility index (Phi) is 5.40. The van der Waals surface area contributed by atoms with Gasteiger partial charge in [-0.15, -0.1) is 0 Å². The predicted octanol–water partition coefficient (Wildman–Crippen LogP) is 3.53. The molecule has 1 aliphatic rings. The number of rotatable bonds is 6. The molecule has 4 heteroatoms. The predicted molar refractivity (Wildman–Crippen MR) is 77.6 cm³/mol. The van der Waals surface area contributed by atoms with Crippen LogP contribution in [0.3, 0.4) is 0 Å². The summed E-state index contributed by atoms with van der Waals surface area (Å²) >= 11 is 3.43. The van der Waals surface area contributed by atoms with Crippen molar-refractivity contribution in [3.8, 4) is 5.75 Å². The van der Waals surface area contributed by atoms with Crippen LogP contribution in [0.2, 0.25) is 0 Å². The molecule has 1 saturated heterocycles. The van der Waals surface area contributed by atoms with E-state index < -0.39 is 0 Å². The van der Waals surface area contributed by atoms with Crippen LogP contribution in [0.5, 0.6) is 5.75 Å². The molecule has 0 bridgehead atoms. The Balaban J connectivity index is 1.82. The SMILES string of the molecule is COc1ccc(CC(=O)CCC2CCCO2)cc1Br. The maximum absolute atomic E-state index is 11.9.